The highest BCUT2D eigenvalue weighted by Crippen LogP contribution is 2.33. The fourth-order valence-corrected chi connectivity index (χ4v) is 4.22. The zero-order valence-corrected chi connectivity index (χ0v) is 14.6. The van der Waals surface area contributed by atoms with E-state index < -0.39 is 5.60 Å². The van der Waals surface area contributed by atoms with E-state index in [-0.39, 0.29) is 18.2 Å². The van der Waals surface area contributed by atoms with Gasteiger partial charge < -0.3 is 14.4 Å². The Bertz CT molecular complexity index is 707. The second-order valence-corrected chi connectivity index (χ2v) is 7.64. The molecule has 5 heteroatoms. The van der Waals surface area contributed by atoms with Gasteiger partial charge in [0.15, 0.2) is 11.5 Å². The van der Waals surface area contributed by atoms with Gasteiger partial charge >= 0.3 is 0 Å². The number of nitrogens with zero attached hydrogens (tertiary/aromatic N) is 2. The third kappa shape index (κ3) is 3.56. The first-order chi connectivity index (χ1) is 12.1. The molecule has 134 valence electrons. The van der Waals surface area contributed by atoms with Gasteiger partial charge in [-0.1, -0.05) is 31.4 Å². The van der Waals surface area contributed by atoms with Crippen LogP contribution in [0, 0.1) is 0 Å². The maximum atomic E-state index is 12.6. The molecule has 2 fully saturated rings. The molecule has 1 aliphatic carbocycles. The van der Waals surface area contributed by atoms with Crippen molar-refractivity contribution in [1.29, 1.82) is 0 Å². The Labute approximate surface area is 148 Å². The average Bonchev–Trinajstić information content (AvgIpc) is 3.06. The van der Waals surface area contributed by atoms with Gasteiger partial charge in [0.2, 0.25) is 5.91 Å². The van der Waals surface area contributed by atoms with Crippen molar-refractivity contribution in [1.82, 2.24) is 9.88 Å². The van der Waals surface area contributed by atoms with Gasteiger partial charge in [-0.3, -0.25) is 4.79 Å². The number of likely N-dealkylation sites (tertiary alicyclic amines) is 1. The molecule has 0 radical (unpaired) electrons. The summed E-state index contributed by atoms with van der Waals surface area (Å²) in [5.74, 6) is 1.16. The molecular formula is C20H26N2O3. The van der Waals surface area contributed by atoms with Crippen LogP contribution in [-0.2, 0) is 4.79 Å². The predicted octanol–water partition coefficient (Wildman–Crippen LogP) is 3.62. The van der Waals surface area contributed by atoms with Crippen LogP contribution in [-0.4, -0.2) is 39.6 Å². The first kappa shape index (κ1) is 16.6. The number of benzene rings is 1. The lowest BCUT2D eigenvalue weighted by molar-refractivity contribution is -0.138. The normalized spacial score (nSPS) is 21.6. The molecule has 1 saturated carbocycles. The maximum Gasteiger partial charge on any atom is 0.225 e. The topological polar surface area (TPSA) is 66.6 Å². The SMILES string of the molecule is O=C(CC1(O)CCCCC1)N1CCC(c2nc3ccccc3o2)CC1. The number of hydrogen-bond donors (Lipinski definition) is 1. The molecule has 1 aliphatic heterocycles. The standard InChI is InChI=1S/C20H26N2O3/c23-18(14-20(24)10-4-1-5-11-20)22-12-8-15(9-13-22)19-21-16-6-2-3-7-17(16)25-19/h2-3,6-7,15,24H,1,4-5,8-14H2. The van der Waals surface area contributed by atoms with Gasteiger partial charge in [-0.05, 0) is 37.8 Å². The second-order valence-electron chi connectivity index (χ2n) is 7.64. The summed E-state index contributed by atoms with van der Waals surface area (Å²) in [5, 5.41) is 10.6. The molecule has 1 aromatic heterocycles. The van der Waals surface area contributed by atoms with E-state index in [1.54, 1.807) is 0 Å². The first-order valence-corrected chi connectivity index (χ1v) is 9.49. The molecule has 1 aromatic carbocycles. The summed E-state index contributed by atoms with van der Waals surface area (Å²) >= 11 is 0. The van der Waals surface area contributed by atoms with Crippen molar-refractivity contribution >= 4 is 17.0 Å². The Morgan fingerprint density at radius 3 is 2.64 bits per heavy atom. The minimum absolute atomic E-state index is 0.0976. The van der Waals surface area contributed by atoms with E-state index in [1.807, 2.05) is 29.2 Å². The number of aromatic nitrogens is 1. The van der Waals surface area contributed by atoms with E-state index in [2.05, 4.69) is 4.98 Å². The summed E-state index contributed by atoms with van der Waals surface area (Å²) < 4.78 is 5.89. The quantitative estimate of drug-likeness (QED) is 0.925. The number of hydrogen-bond acceptors (Lipinski definition) is 4. The Morgan fingerprint density at radius 1 is 1.20 bits per heavy atom. The molecule has 1 amide bonds. The van der Waals surface area contributed by atoms with Crippen LogP contribution in [0.5, 0.6) is 0 Å². The molecular weight excluding hydrogens is 316 g/mol. The second kappa shape index (κ2) is 6.79. The smallest absolute Gasteiger partial charge is 0.225 e. The summed E-state index contributed by atoms with van der Waals surface area (Å²) in [4.78, 5) is 19.1. The molecule has 2 aliphatic rings. The number of fused-ring (bicyclic) bond motifs is 1. The van der Waals surface area contributed by atoms with Gasteiger partial charge in [-0.25, -0.2) is 4.98 Å². The summed E-state index contributed by atoms with van der Waals surface area (Å²) in [6, 6.07) is 7.82. The highest BCUT2D eigenvalue weighted by Gasteiger charge is 2.35. The van der Waals surface area contributed by atoms with Crippen molar-refractivity contribution in [3.63, 3.8) is 0 Å². The number of amides is 1. The van der Waals surface area contributed by atoms with Crippen LogP contribution in [0.25, 0.3) is 11.1 Å². The molecule has 0 spiro atoms. The number of rotatable bonds is 3. The van der Waals surface area contributed by atoms with Gasteiger partial charge in [0.25, 0.3) is 0 Å². The van der Waals surface area contributed by atoms with E-state index in [9.17, 15) is 9.90 Å². The van der Waals surface area contributed by atoms with Crippen molar-refractivity contribution in [3.8, 4) is 0 Å². The number of carbonyl (C=O) groups excluding carboxylic acids is 1. The minimum atomic E-state index is -0.771. The fourth-order valence-electron chi connectivity index (χ4n) is 4.22. The maximum absolute atomic E-state index is 12.6. The van der Waals surface area contributed by atoms with E-state index >= 15 is 0 Å². The molecule has 25 heavy (non-hydrogen) atoms. The number of piperidine rings is 1. The number of para-hydroxylation sites is 2. The fraction of sp³-hybridized carbons (Fsp3) is 0.600. The third-order valence-electron chi connectivity index (χ3n) is 5.77. The molecule has 2 aromatic rings. The van der Waals surface area contributed by atoms with Crippen molar-refractivity contribution in [2.45, 2.75) is 62.9 Å². The molecule has 4 rings (SSSR count). The molecule has 0 atom stereocenters. The average molecular weight is 342 g/mol. The Hall–Kier alpha value is -1.88. The first-order valence-electron chi connectivity index (χ1n) is 9.49. The monoisotopic (exact) mass is 342 g/mol. The van der Waals surface area contributed by atoms with Crippen LogP contribution in [0.4, 0.5) is 0 Å². The van der Waals surface area contributed by atoms with E-state index in [0.29, 0.717) is 0 Å². The van der Waals surface area contributed by atoms with Crippen molar-refractivity contribution < 1.29 is 14.3 Å². The van der Waals surface area contributed by atoms with Crippen LogP contribution in [0.1, 0.15) is 63.2 Å². The van der Waals surface area contributed by atoms with Gasteiger partial charge in [0.05, 0.1) is 12.0 Å². The summed E-state index contributed by atoms with van der Waals surface area (Å²) in [6.45, 7) is 1.44. The van der Waals surface area contributed by atoms with Crippen LogP contribution >= 0.6 is 0 Å². The van der Waals surface area contributed by atoms with Gasteiger partial charge in [0.1, 0.15) is 5.52 Å². The lowest BCUT2D eigenvalue weighted by atomic mass is 9.82. The van der Waals surface area contributed by atoms with Crippen LogP contribution in [0.3, 0.4) is 0 Å². The Morgan fingerprint density at radius 2 is 1.92 bits per heavy atom. The molecule has 1 N–H and O–H groups in total. The lowest BCUT2D eigenvalue weighted by Crippen LogP contribution is -2.43. The predicted molar refractivity (Wildman–Crippen MR) is 95.2 cm³/mol. The van der Waals surface area contributed by atoms with Crippen molar-refractivity contribution in [2.24, 2.45) is 0 Å². The molecule has 2 heterocycles. The van der Waals surface area contributed by atoms with Crippen LogP contribution < -0.4 is 0 Å². The van der Waals surface area contributed by atoms with Gasteiger partial charge in [-0.15, -0.1) is 0 Å². The summed E-state index contributed by atoms with van der Waals surface area (Å²) in [6.07, 6.45) is 6.78. The highest BCUT2D eigenvalue weighted by molar-refractivity contribution is 5.77. The lowest BCUT2D eigenvalue weighted by Gasteiger charge is -2.36. The Kier molecular flexibility index (Phi) is 4.50. The number of aliphatic hydroxyl groups is 1. The highest BCUT2D eigenvalue weighted by atomic mass is 16.3. The summed E-state index contributed by atoms with van der Waals surface area (Å²) in [7, 11) is 0. The third-order valence-corrected chi connectivity index (χ3v) is 5.77. The van der Waals surface area contributed by atoms with E-state index in [1.165, 1.54) is 6.42 Å². The molecule has 0 unspecified atom stereocenters. The molecule has 5 nitrogen and oxygen atoms in total. The molecule has 0 bridgehead atoms. The van der Waals surface area contributed by atoms with Crippen molar-refractivity contribution in [2.75, 3.05) is 13.1 Å². The zero-order valence-electron chi connectivity index (χ0n) is 14.6. The summed E-state index contributed by atoms with van der Waals surface area (Å²) in [5.41, 5.74) is 0.956. The van der Waals surface area contributed by atoms with Crippen LogP contribution in [0.2, 0.25) is 0 Å². The largest absolute Gasteiger partial charge is 0.440 e. The number of carbonyl (C=O) groups is 1. The Balaban J connectivity index is 1.35. The zero-order chi connectivity index (χ0) is 17.3. The van der Waals surface area contributed by atoms with Gasteiger partial charge in [-0.2, -0.15) is 0 Å². The van der Waals surface area contributed by atoms with Gasteiger partial charge in [0, 0.05) is 19.0 Å². The van der Waals surface area contributed by atoms with Crippen molar-refractivity contribution in [3.05, 3.63) is 30.2 Å². The molecule has 1 saturated heterocycles. The number of oxazole rings is 1. The van der Waals surface area contributed by atoms with Crippen LogP contribution in [0.15, 0.2) is 28.7 Å². The van der Waals surface area contributed by atoms with E-state index in [4.69, 9.17) is 4.42 Å². The van der Waals surface area contributed by atoms with E-state index in [0.717, 1.165) is 68.6 Å². The minimum Gasteiger partial charge on any atom is -0.440 e.